The Morgan fingerprint density at radius 2 is 1.76 bits per heavy atom. The third-order valence-electron chi connectivity index (χ3n) is 3.29. The van der Waals surface area contributed by atoms with Gasteiger partial charge in [-0.05, 0) is 36.0 Å². The van der Waals surface area contributed by atoms with Crippen LogP contribution in [-0.4, -0.2) is 0 Å². The maximum Gasteiger partial charge on any atom is -0.0153 e. The van der Waals surface area contributed by atoms with Gasteiger partial charge in [-0.25, -0.2) is 0 Å². The molecule has 0 fully saturated rings. The predicted molar refractivity (Wildman–Crippen MR) is 78.9 cm³/mol. The molecule has 1 aromatic carbocycles. The number of benzene rings is 1. The summed E-state index contributed by atoms with van der Waals surface area (Å²) >= 11 is 0. The second kappa shape index (κ2) is 7.11. The fourth-order valence-corrected chi connectivity index (χ4v) is 2.38. The summed E-state index contributed by atoms with van der Waals surface area (Å²) in [5.74, 6) is 0. The van der Waals surface area contributed by atoms with E-state index in [9.17, 15) is 0 Å². The molecule has 0 nitrogen and oxygen atoms in total. The van der Waals surface area contributed by atoms with Crippen molar-refractivity contribution in [3.8, 4) is 0 Å². The quantitative estimate of drug-likeness (QED) is 0.585. The molecule has 0 amide bonds. The fraction of sp³-hybridized carbons (Fsp3) is 0.412. The van der Waals surface area contributed by atoms with Crippen LogP contribution in [0.15, 0.2) is 36.4 Å². The predicted octanol–water partition coefficient (Wildman–Crippen LogP) is 5.70. The Balaban J connectivity index is 3.31. The average Bonchev–Trinajstić information content (AvgIpc) is 2.39. The molecule has 0 aliphatic heterocycles. The summed E-state index contributed by atoms with van der Waals surface area (Å²) in [5.41, 5.74) is 5.76. The van der Waals surface area contributed by atoms with Crippen LogP contribution in [0.4, 0.5) is 0 Å². The van der Waals surface area contributed by atoms with E-state index in [0.717, 1.165) is 12.8 Å². The molecule has 0 spiro atoms. The third-order valence-corrected chi connectivity index (χ3v) is 3.29. The lowest BCUT2D eigenvalue weighted by Gasteiger charge is -2.15. The summed E-state index contributed by atoms with van der Waals surface area (Å²) in [6.45, 7) is 10.7. The van der Waals surface area contributed by atoms with E-state index in [1.165, 1.54) is 29.5 Å². The molecule has 0 N–H and O–H groups in total. The molecular formula is C17H24. The molecule has 0 radical (unpaired) electrons. The Kier molecular flexibility index (Phi) is 5.76. The average molecular weight is 228 g/mol. The highest BCUT2D eigenvalue weighted by Gasteiger charge is 2.08. The van der Waals surface area contributed by atoms with E-state index < -0.39 is 0 Å². The first-order valence-electron chi connectivity index (χ1n) is 6.71. The van der Waals surface area contributed by atoms with Gasteiger partial charge < -0.3 is 0 Å². The van der Waals surface area contributed by atoms with Crippen molar-refractivity contribution in [1.82, 2.24) is 0 Å². The van der Waals surface area contributed by atoms with E-state index >= 15 is 0 Å². The van der Waals surface area contributed by atoms with Crippen LogP contribution in [0.3, 0.4) is 0 Å². The molecular weight excluding hydrogens is 204 g/mol. The largest absolute Gasteiger partial charge is 0.0984 e. The zero-order chi connectivity index (χ0) is 12.7. The summed E-state index contributed by atoms with van der Waals surface area (Å²) in [7, 11) is 0. The fourth-order valence-electron chi connectivity index (χ4n) is 2.38. The maximum atomic E-state index is 3.92. The summed E-state index contributed by atoms with van der Waals surface area (Å²) < 4.78 is 0. The van der Waals surface area contributed by atoms with E-state index in [0.29, 0.717) is 0 Å². The standard InChI is InChI=1S/C17H24/c1-5-11-16(14(6-2)7-3)17-13-10-9-12-15(17)8-4/h8-10,12-13H,4-7,11H2,1-3H3. The molecule has 0 saturated carbocycles. The Labute approximate surface area is 106 Å². The minimum absolute atomic E-state index is 1.15. The summed E-state index contributed by atoms with van der Waals surface area (Å²) in [4.78, 5) is 0. The van der Waals surface area contributed by atoms with Gasteiger partial charge >= 0.3 is 0 Å². The highest BCUT2D eigenvalue weighted by molar-refractivity contribution is 5.75. The summed E-state index contributed by atoms with van der Waals surface area (Å²) in [6.07, 6.45) is 6.63. The highest BCUT2D eigenvalue weighted by atomic mass is 14.1. The topological polar surface area (TPSA) is 0 Å². The third kappa shape index (κ3) is 3.33. The lowest BCUT2D eigenvalue weighted by Crippen LogP contribution is -1.94. The van der Waals surface area contributed by atoms with Gasteiger partial charge in [-0.3, -0.25) is 0 Å². The molecule has 92 valence electrons. The molecule has 1 aromatic rings. The van der Waals surface area contributed by atoms with Gasteiger partial charge in [0, 0.05) is 0 Å². The van der Waals surface area contributed by atoms with Gasteiger partial charge in [-0.1, -0.05) is 69.7 Å². The first-order valence-corrected chi connectivity index (χ1v) is 6.71. The first-order chi connectivity index (χ1) is 8.28. The Hall–Kier alpha value is -1.30. The molecule has 0 aliphatic carbocycles. The van der Waals surface area contributed by atoms with Crippen molar-refractivity contribution in [3.05, 3.63) is 47.5 Å². The van der Waals surface area contributed by atoms with E-state index in [4.69, 9.17) is 0 Å². The van der Waals surface area contributed by atoms with Crippen LogP contribution in [0.5, 0.6) is 0 Å². The van der Waals surface area contributed by atoms with Gasteiger partial charge in [-0.2, -0.15) is 0 Å². The second-order valence-electron chi connectivity index (χ2n) is 4.33. The molecule has 0 heterocycles. The van der Waals surface area contributed by atoms with Gasteiger partial charge in [0.25, 0.3) is 0 Å². The normalized spacial score (nSPS) is 10.1. The number of rotatable bonds is 6. The molecule has 0 heteroatoms. The molecule has 17 heavy (non-hydrogen) atoms. The van der Waals surface area contributed by atoms with E-state index in [1.54, 1.807) is 5.57 Å². The molecule has 1 rings (SSSR count). The first kappa shape index (κ1) is 13.8. The highest BCUT2D eigenvalue weighted by Crippen LogP contribution is 2.30. The van der Waals surface area contributed by atoms with Crippen LogP contribution < -0.4 is 0 Å². The van der Waals surface area contributed by atoms with Crippen molar-refractivity contribution >= 4 is 11.6 Å². The Morgan fingerprint density at radius 3 is 2.29 bits per heavy atom. The van der Waals surface area contributed by atoms with Crippen LogP contribution in [-0.2, 0) is 0 Å². The maximum absolute atomic E-state index is 3.92. The monoisotopic (exact) mass is 228 g/mol. The van der Waals surface area contributed by atoms with Crippen LogP contribution in [0, 0.1) is 0 Å². The van der Waals surface area contributed by atoms with Gasteiger partial charge in [0.05, 0.1) is 0 Å². The van der Waals surface area contributed by atoms with Crippen molar-refractivity contribution in [2.75, 3.05) is 0 Å². The van der Waals surface area contributed by atoms with Crippen molar-refractivity contribution in [1.29, 1.82) is 0 Å². The van der Waals surface area contributed by atoms with Gasteiger partial charge in [-0.15, -0.1) is 0 Å². The SMILES string of the molecule is C=Cc1ccccc1C(CCC)=C(CC)CC. The smallest absolute Gasteiger partial charge is 0.0153 e. The van der Waals surface area contributed by atoms with Crippen molar-refractivity contribution in [3.63, 3.8) is 0 Å². The number of hydrogen-bond donors (Lipinski definition) is 0. The minimum atomic E-state index is 1.15. The van der Waals surface area contributed by atoms with Crippen molar-refractivity contribution in [2.24, 2.45) is 0 Å². The molecule has 0 bridgehead atoms. The molecule has 0 atom stereocenters. The van der Waals surface area contributed by atoms with Crippen LogP contribution in [0.1, 0.15) is 57.6 Å². The number of allylic oxidation sites excluding steroid dienone is 2. The second-order valence-corrected chi connectivity index (χ2v) is 4.33. The molecule has 0 saturated heterocycles. The Bertz CT molecular complexity index is 390. The minimum Gasteiger partial charge on any atom is -0.0984 e. The van der Waals surface area contributed by atoms with Crippen LogP contribution >= 0.6 is 0 Å². The molecule has 0 unspecified atom stereocenters. The lowest BCUT2D eigenvalue weighted by atomic mass is 9.90. The van der Waals surface area contributed by atoms with Crippen LogP contribution in [0.2, 0.25) is 0 Å². The Morgan fingerprint density at radius 1 is 1.12 bits per heavy atom. The van der Waals surface area contributed by atoms with Gasteiger partial charge in [0.2, 0.25) is 0 Å². The zero-order valence-corrected chi connectivity index (χ0v) is 11.4. The van der Waals surface area contributed by atoms with Crippen LogP contribution in [0.25, 0.3) is 11.6 Å². The summed E-state index contributed by atoms with van der Waals surface area (Å²) in [6, 6.07) is 8.59. The van der Waals surface area contributed by atoms with Crippen molar-refractivity contribution < 1.29 is 0 Å². The summed E-state index contributed by atoms with van der Waals surface area (Å²) in [5, 5.41) is 0. The number of hydrogen-bond acceptors (Lipinski definition) is 0. The molecule has 0 aliphatic rings. The van der Waals surface area contributed by atoms with E-state index in [1.807, 2.05) is 6.08 Å². The van der Waals surface area contributed by atoms with Gasteiger partial charge in [0.1, 0.15) is 0 Å². The lowest BCUT2D eigenvalue weighted by molar-refractivity contribution is 0.919. The zero-order valence-electron chi connectivity index (χ0n) is 11.4. The molecule has 0 aromatic heterocycles. The van der Waals surface area contributed by atoms with Gasteiger partial charge in [0.15, 0.2) is 0 Å². The van der Waals surface area contributed by atoms with E-state index in [2.05, 4.69) is 51.6 Å². The van der Waals surface area contributed by atoms with Crippen molar-refractivity contribution in [2.45, 2.75) is 46.5 Å². The van der Waals surface area contributed by atoms with E-state index in [-0.39, 0.29) is 0 Å².